The van der Waals surface area contributed by atoms with Crippen LogP contribution >= 0.6 is 23.1 Å². The maximum absolute atomic E-state index is 11.7. The zero-order valence-electron chi connectivity index (χ0n) is 10.4. The lowest BCUT2D eigenvalue weighted by molar-refractivity contribution is -0.113. The average molecular weight is 308 g/mol. The van der Waals surface area contributed by atoms with E-state index in [9.17, 15) is 9.59 Å². The molecule has 7 heteroatoms. The number of rotatable bonds is 6. The molecule has 0 aliphatic heterocycles. The van der Waals surface area contributed by atoms with Gasteiger partial charge in [-0.15, -0.1) is 23.1 Å². The maximum Gasteiger partial charge on any atom is 0.354 e. The van der Waals surface area contributed by atoms with Crippen molar-refractivity contribution >= 4 is 40.8 Å². The summed E-state index contributed by atoms with van der Waals surface area (Å²) in [5.74, 6) is 0.0336. The first-order valence-electron chi connectivity index (χ1n) is 5.75. The number of thioether (sulfide) groups is 1. The van der Waals surface area contributed by atoms with Gasteiger partial charge in [0.05, 0.1) is 5.75 Å². The van der Waals surface area contributed by atoms with Crippen molar-refractivity contribution < 1.29 is 14.7 Å². The minimum Gasteiger partial charge on any atom is -0.477 e. The zero-order valence-corrected chi connectivity index (χ0v) is 12.0. The van der Waals surface area contributed by atoms with Crippen LogP contribution in [0.25, 0.3) is 0 Å². The number of anilines is 1. The molecule has 0 aromatic carbocycles. The molecule has 1 amide bonds. The van der Waals surface area contributed by atoms with E-state index in [1.807, 2.05) is 17.5 Å². The number of nitrogens with one attached hydrogen (secondary N) is 1. The number of hydrogen-bond donors (Lipinski definition) is 2. The predicted octanol–water partition coefficient (Wildman–Crippen LogP) is 2.71. The van der Waals surface area contributed by atoms with Gasteiger partial charge in [-0.3, -0.25) is 4.79 Å². The highest BCUT2D eigenvalue weighted by Gasteiger charge is 2.08. The van der Waals surface area contributed by atoms with Crippen LogP contribution in [0.5, 0.6) is 0 Å². The molecule has 0 bridgehead atoms. The SMILES string of the molecule is O=C(CSCc1cccs1)Nc1cccc(C(=O)O)n1. The summed E-state index contributed by atoms with van der Waals surface area (Å²) < 4.78 is 0. The Hall–Kier alpha value is -1.86. The average Bonchev–Trinajstić information content (AvgIpc) is 2.92. The van der Waals surface area contributed by atoms with Gasteiger partial charge in [0.15, 0.2) is 5.69 Å². The quantitative estimate of drug-likeness (QED) is 0.857. The molecule has 2 rings (SSSR count). The first kappa shape index (κ1) is 14.5. The van der Waals surface area contributed by atoms with Gasteiger partial charge in [0.25, 0.3) is 0 Å². The predicted molar refractivity (Wildman–Crippen MR) is 80.3 cm³/mol. The Kier molecular flexibility index (Phi) is 5.14. The molecule has 0 fully saturated rings. The van der Waals surface area contributed by atoms with Crippen LogP contribution in [0.15, 0.2) is 35.7 Å². The lowest BCUT2D eigenvalue weighted by atomic mass is 10.3. The zero-order chi connectivity index (χ0) is 14.4. The molecule has 5 nitrogen and oxygen atoms in total. The van der Waals surface area contributed by atoms with E-state index in [1.165, 1.54) is 22.7 Å². The van der Waals surface area contributed by atoms with Crippen molar-refractivity contribution in [1.82, 2.24) is 4.98 Å². The van der Waals surface area contributed by atoms with Crippen molar-refractivity contribution in [3.05, 3.63) is 46.3 Å². The second-order valence-corrected chi connectivity index (χ2v) is 5.85. The third-order valence-corrected chi connectivity index (χ3v) is 4.33. The van der Waals surface area contributed by atoms with Gasteiger partial charge >= 0.3 is 5.97 Å². The van der Waals surface area contributed by atoms with Gasteiger partial charge in [-0.1, -0.05) is 12.1 Å². The molecule has 0 radical (unpaired) electrons. The van der Waals surface area contributed by atoms with Crippen LogP contribution in [0.2, 0.25) is 0 Å². The first-order valence-corrected chi connectivity index (χ1v) is 7.79. The molecular formula is C13H12N2O3S2. The standard InChI is InChI=1S/C13H12N2O3S2/c16-12(8-19-7-9-3-2-6-20-9)15-11-5-1-4-10(14-11)13(17)18/h1-6H,7-8H2,(H,17,18)(H,14,15,16). The van der Waals surface area contributed by atoms with E-state index in [-0.39, 0.29) is 17.4 Å². The van der Waals surface area contributed by atoms with Crippen LogP contribution in [0.1, 0.15) is 15.4 Å². The first-order chi connectivity index (χ1) is 9.65. The molecule has 0 aliphatic rings. The number of aromatic nitrogens is 1. The van der Waals surface area contributed by atoms with Crippen LogP contribution in [0.3, 0.4) is 0 Å². The summed E-state index contributed by atoms with van der Waals surface area (Å²) in [6.07, 6.45) is 0. The van der Waals surface area contributed by atoms with Crippen molar-refractivity contribution in [3.63, 3.8) is 0 Å². The Bertz CT molecular complexity index is 599. The van der Waals surface area contributed by atoms with Crippen LogP contribution in [0.4, 0.5) is 5.82 Å². The van der Waals surface area contributed by atoms with Crippen molar-refractivity contribution in [2.45, 2.75) is 5.75 Å². The Morgan fingerprint density at radius 1 is 1.30 bits per heavy atom. The summed E-state index contributed by atoms with van der Waals surface area (Å²) in [6.45, 7) is 0. The van der Waals surface area contributed by atoms with Gasteiger partial charge in [0.2, 0.25) is 5.91 Å². The highest BCUT2D eigenvalue weighted by molar-refractivity contribution is 7.99. The fraction of sp³-hybridized carbons (Fsp3) is 0.154. The molecule has 0 saturated carbocycles. The fourth-order valence-corrected chi connectivity index (χ4v) is 3.11. The summed E-state index contributed by atoms with van der Waals surface area (Å²) in [5.41, 5.74) is -0.0889. The third-order valence-electron chi connectivity index (χ3n) is 2.29. The molecule has 104 valence electrons. The van der Waals surface area contributed by atoms with Crippen molar-refractivity contribution in [3.8, 4) is 0 Å². The number of nitrogens with zero attached hydrogens (tertiary/aromatic N) is 1. The summed E-state index contributed by atoms with van der Waals surface area (Å²) in [7, 11) is 0. The van der Waals surface area contributed by atoms with Gasteiger partial charge < -0.3 is 10.4 Å². The van der Waals surface area contributed by atoms with Crippen LogP contribution in [-0.4, -0.2) is 27.7 Å². The van der Waals surface area contributed by atoms with Crippen molar-refractivity contribution in [2.24, 2.45) is 0 Å². The second-order valence-electron chi connectivity index (χ2n) is 3.83. The minimum absolute atomic E-state index is 0.0889. The molecule has 0 spiro atoms. The Labute approximate surface area is 124 Å². The highest BCUT2D eigenvalue weighted by atomic mass is 32.2. The summed E-state index contributed by atoms with van der Waals surface area (Å²) >= 11 is 3.16. The Morgan fingerprint density at radius 2 is 2.15 bits per heavy atom. The molecule has 0 unspecified atom stereocenters. The summed E-state index contributed by atoms with van der Waals surface area (Å²) in [5, 5.41) is 13.4. The van der Waals surface area contributed by atoms with E-state index in [1.54, 1.807) is 23.5 Å². The Balaban J connectivity index is 1.82. The van der Waals surface area contributed by atoms with Gasteiger partial charge in [0.1, 0.15) is 5.82 Å². The number of hydrogen-bond acceptors (Lipinski definition) is 5. The number of pyridine rings is 1. The Morgan fingerprint density at radius 3 is 2.85 bits per heavy atom. The molecule has 20 heavy (non-hydrogen) atoms. The van der Waals surface area contributed by atoms with E-state index in [0.29, 0.717) is 5.75 Å². The van der Waals surface area contributed by atoms with E-state index >= 15 is 0 Å². The highest BCUT2D eigenvalue weighted by Crippen LogP contribution is 2.17. The van der Waals surface area contributed by atoms with Gasteiger partial charge in [-0.2, -0.15) is 0 Å². The van der Waals surface area contributed by atoms with E-state index in [4.69, 9.17) is 5.11 Å². The van der Waals surface area contributed by atoms with Crippen molar-refractivity contribution in [2.75, 3.05) is 11.1 Å². The van der Waals surface area contributed by atoms with E-state index < -0.39 is 5.97 Å². The smallest absolute Gasteiger partial charge is 0.354 e. The van der Waals surface area contributed by atoms with E-state index in [2.05, 4.69) is 10.3 Å². The third kappa shape index (κ3) is 4.36. The number of carbonyl (C=O) groups excluding carboxylic acids is 1. The van der Waals surface area contributed by atoms with Gasteiger partial charge in [-0.25, -0.2) is 9.78 Å². The number of carbonyl (C=O) groups is 2. The minimum atomic E-state index is -1.12. The van der Waals surface area contributed by atoms with Crippen LogP contribution in [-0.2, 0) is 10.5 Å². The molecule has 2 aromatic rings. The normalized spacial score (nSPS) is 10.2. The number of thiophene rings is 1. The summed E-state index contributed by atoms with van der Waals surface area (Å²) in [4.78, 5) is 27.5. The monoisotopic (exact) mass is 308 g/mol. The number of carboxylic acids is 1. The van der Waals surface area contributed by atoms with Crippen LogP contribution in [0, 0.1) is 0 Å². The van der Waals surface area contributed by atoms with Crippen LogP contribution < -0.4 is 5.32 Å². The molecule has 2 N–H and O–H groups in total. The topological polar surface area (TPSA) is 79.3 Å². The van der Waals surface area contributed by atoms with E-state index in [0.717, 1.165) is 5.75 Å². The lowest BCUT2D eigenvalue weighted by Gasteiger charge is -2.04. The molecule has 0 aliphatic carbocycles. The molecule has 0 saturated heterocycles. The number of amides is 1. The second kappa shape index (κ2) is 7.06. The molecule has 2 heterocycles. The largest absolute Gasteiger partial charge is 0.477 e. The molecular weight excluding hydrogens is 296 g/mol. The number of carboxylic acid groups (broad SMARTS) is 1. The lowest BCUT2D eigenvalue weighted by Crippen LogP contribution is -2.16. The van der Waals surface area contributed by atoms with Crippen molar-refractivity contribution in [1.29, 1.82) is 0 Å². The fourth-order valence-electron chi connectivity index (χ4n) is 1.44. The summed E-state index contributed by atoms with van der Waals surface area (Å²) in [6, 6.07) is 8.48. The maximum atomic E-state index is 11.7. The van der Waals surface area contributed by atoms with Gasteiger partial charge in [0, 0.05) is 10.6 Å². The molecule has 0 atom stereocenters. The molecule has 2 aromatic heterocycles. The number of aromatic carboxylic acids is 1. The van der Waals surface area contributed by atoms with Gasteiger partial charge in [-0.05, 0) is 23.6 Å².